The summed E-state index contributed by atoms with van der Waals surface area (Å²) >= 11 is 3.71. The average Bonchev–Trinajstić information content (AvgIpc) is 4.07. The fourth-order valence-corrected chi connectivity index (χ4v) is 10.5. The van der Waals surface area contributed by atoms with Gasteiger partial charge >= 0.3 is 5.97 Å². The van der Waals surface area contributed by atoms with Crippen LogP contribution >= 0.6 is 23.5 Å². The van der Waals surface area contributed by atoms with Gasteiger partial charge in [0.2, 0.25) is 17.7 Å². The molecule has 2 N–H and O–H groups in total. The minimum absolute atomic E-state index is 0.132. The average molecular weight is 763 g/mol. The summed E-state index contributed by atoms with van der Waals surface area (Å²) in [4.78, 5) is 53.5. The SMILES string of the molecule is O=C(CSC1CCCC1)N1CCN(C(=O)[C@H]2C[C@@H]2c2ccccc2)CC1.O=C(CSC1CCCC1)N1CCNCC1.O=C(O)[C@H]1C[C@@H]1c1ccccc1. The van der Waals surface area contributed by atoms with Crippen molar-refractivity contribution in [1.29, 1.82) is 0 Å². The molecular weight excluding hydrogens is 705 g/mol. The number of carbonyl (C=O) groups is 4. The standard InChI is InChI=1S/C21H28N2O2S.C11H20N2OS.C10H10O2/c24-20(15-26-17-8-4-5-9-17)22-10-12-23(13-11-22)21(25)19-14-18(19)16-6-2-1-3-7-16;14-11(13-7-5-12-6-8-13)9-15-10-3-1-2-4-10;11-10(12)9-6-8(9)7-4-2-1-3-5-7/h1-3,6-7,17-19H,4-5,8-15H2;10,12H,1-9H2;1-5,8-9H,6H2,(H,11,12)/t18-,19+;;8-,9+/m1.1/s1. The molecule has 4 atom stereocenters. The van der Waals surface area contributed by atoms with Crippen molar-refractivity contribution in [2.75, 3.05) is 63.9 Å². The summed E-state index contributed by atoms with van der Waals surface area (Å²) in [5.74, 6) is 2.20. The molecule has 4 saturated carbocycles. The van der Waals surface area contributed by atoms with Crippen molar-refractivity contribution < 1.29 is 24.3 Å². The Morgan fingerprint density at radius 1 is 0.585 bits per heavy atom. The van der Waals surface area contributed by atoms with E-state index in [1.54, 1.807) is 0 Å². The first-order chi connectivity index (χ1) is 25.9. The van der Waals surface area contributed by atoms with E-state index >= 15 is 0 Å². The summed E-state index contributed by atoms with van der Waals surface area (Å²) in [7, 11) is 0. The van der Waals surface area contributed by atoms with Gasteiger partial charge in [-0.25, -0.2) is 0 Å². The molecule has 2 aromatic rings. The highest BCUT2D eigenvalue weighted by Gasteiger charge is 2.46. The summed E-state index contributed by atoms with van der Waals surface area (Å²) < 4.78 is 0. The van der Waals surface area contributed by atoms with E-state index in [1.807, 2.05) is 86.8 Å². The minimum Gasteiger partial charge on any atom is -0.481 e. The largest absolute Gasteiger partial charge is 0.481 e. The fraction of sp³-hybridized carbons (Fsp3) is 0.619. The smallest absolute Gasteiger partial charge is 0.307 e. The number of piperazine rings is 2. The van der Waals surface area contributed by atoms with Crippen LogP contribution in [0.25, 0.3) is 0 Å². The molecule has 0 bridgehead atoms. The summed E-state index contributed by atoms with van der Waals surface area (Å²) in [6.45, 7) is 6.47. The van der Waals surface area contributed by atoms with E-state index in [0.717, 1.165) is 49.8 Å². The van der Waals surface area contributed by atoms with Crippen molar-refractivity contribution in [1.82, 2.24) is 20.0 Å². The number of benzene rings is 2. The van der Waals surface area contributed by atoms with Crippen molar-refractivity contribution in [3.8, 4) is 0 Å². The molecule has 2 heterocycles. The van der Waals surface area contributed by atoms with Crippen LogP contribution in [-0.2, 0) is 19.2 Å². The Balaban J connectivity index is 0.000000150. The van der Waals surface area contributed by atoms with Gasteiger partial charge in [-0.2, -0.15) is 0 Å². The molecule has 6 fully saturated rings. The van der Waals surface area contributed by atoms with E-state index in [4.69, 9.17) is 5.11 Å². The molecule has 8 rings (SSSR count). The van der Waals surface area contributed by atoms with Crippen molar-refractivity contribution in [2.24, 2.45) is 11.8 Å². The number of hydrogen-bond donors (Lipinski definition) is 2. The molecule has 0 unspecified atom stereocenters. The van der Waals surface area contributed by atoms with E-state index in [2.05, 4.69) is 17.4 Å². The second-order valence-electron chi connectivity index (χ2n) is 15.3. The van der Waals surface area contributed by atoms with Crippen molar-refractivity contribution in [3.63, 3.8) is 0 Å². The zero-order valence-corrected chi connectivity index (χ0v) is 32.8. The molecule has 0 aromatic heterocycles. The molecule has 53 heavy (non-hydrogen) atoms. The predicted octanol–water partition coefficient (Wildman–Crippen LogP) is 6.11. The van der Waals surface area contributed by atoms with Crippen LogP contribution in [-0.4, -0.2) is 118 Å². The number of nitrogens with one attached hydrogen (secondary N) is 1. The van der Waals surface area contributed by atoms with Gasteiger partial charge in [-0.15, -0.1) is 23.5 Å². The zero-order valence-electron chi connectivity index (χ0n) is 31.1. The maximum absolute atomic E-state index is 12.7. The number of amides is 3. The molecule has 2 saturated heterocycles. The molecular formula is C42H58N4O5S2. The maximum Gasteiger partial charge on any atom is 0.307 e. The highest BCUT2D eigenvalue weighted by Crippen LogP contribution is 2.49. The number of aliphatic carboxylic acids is 1. The van der Waals surface area contributed by atoms with Gasteiger partial charge in [0.05, 0.1) is 17.4 Å². The quantitative estimate of drug-likeness (QED) is 0.299. The molecule has 11 heteroatoms. The van der Waals surface area contributed by atoms with E-state index in [1.165, 1.54) is 56.9 Å². The summed E-state index contributed by atoms with van der Waals surface area (Å²) in [6, 6.07) is 20.2. The zero-order chi connectivity index (χ0) is 37.0. The number of hydrogen-bond acceptors (Lipinski definition) is 7. The Kier molecular flexibility index (Phi) is 15.0. The van der Waals surface area contributed by atoms with Gasteiger partial charge in [0.25, 0.3) is 0 Å². The molecule has 4 aliphatic carbocycles. The van der Waals surface area contributed by atoms with Gasteiger partial charge in [0, 0.05) is 68.8 Å². The monoisotopic (exact) mass is 762 g/mol. The van der Waals surface area contributed by atoms with Crippen molar-refractivity contribution in [3.05, 3.63) is 71.8 Å². The van der Waals surface area contributed by atoms with Crippen LogP contribution in [0.2, 0.25) is 0 Å². The predicted molar refractivity (Wildman–Crippen MR) is 214 cm³/mol. The van der Waals surface area contributed by atoms with Gasteiger partial charge in [-0.05, 0) is 61.5 Å². The van der Waals surface area contributed by atoms with Gasteiger partial charge < -0.3 is 25.1 Å². The van der Waals surface area contributed by atoms with E-state index in [9.17, 15) is 19.2 Å². The lowest BCUT2D eigenvalue weighted by molar-refractivity contribution is -0.139. The molecule has 288 valence electrons. The number of nitrogens with zero attached hydrogens (tertiary/aromatic N) is 3. The third kappa shape index (κ3) is 12.0. The normalized spacial score (nSPS) is 25.5. The molecule has 2 aromatic carbocycles. The third-order valence-corrected chi connectivity index (χ3v) is 14.3. The van der Waals surface area contributed by atoms with Gasteiger partial charge in [0.1, 0.15) is 0 Å². The Bertz CT molecular complexity index is 1470. The van der Waals surface area contributed by atoms with Crippen LogP contribution in [0.15, 0.2) is 60.7 Å². The van der Waals surface area contributed by atoms with Crippen LogP contribution < -0.4 is 5.32 Å². The molecule has 2 aliphatic heterocycles. The number of carboxylic acids is 1. The molecule has 9 nitrogen and oxygen atoms in total. The fourth-order valence-electron chi connectivity index (χ4n) is 8.07. The van der Waals surface area contributed by atoms with Crippen LogP contribution in [0.4, 0.5) is 0 Å². The van der Waals surface area contributed by atoms with Gasteiger partial charge in [-0.1, -0.05) is 86.3 Å². The van der Waals surface area contributed by atoms with E-state index in [-0.39, 0.29) is 29.6 Å². The highest BCUT2D eigenvalue weighted by molar-refractivity contribution is 8.00. The number of carbonyl (C=O) groups excluding carboxylic acids is 3. The topological polar surface area (TPSA) is 110 Å². The summed E-state index contributed by atoms with van der Waals surface area (Å²) in [5.41, 5.74) is 2.44. The second-order valence-corrected chi connectivity index (χ2v) is 17.9. The van der Waals surface area contributed by atoms with Gasteiger partial charge in [-0.3, -0.25) is 19.2 Å². The summed E-state index contributed by atoms with van der Waals surface area (Å²) in [6.07, 6.45) is 12.3. The Morgan fingerprint density at radius 3 is 1.45 bits per heavy atom. The first-order valence-corrected chi connectivity index (χ1v) is 22.1. The van der Waals surface area contributed by atoms with E-state index in [0.29, 0.717) is 54.8 Å². The lowest BCUT2D eigenvalue weighted by Gasteiger charge is -2.35. The second kappa shape index (κ2) is 20.1. The lowest BCUT2D eigenvalue weighted by Crippen LogP contribution is -2.51. The Labute approximate surface area is 324 Å². The molecule has 3 amide bonds. The minimum atomic E-state index is -0.663. The summed E-state index contributed by atoms with van der Waals surface area (Å²) in [5, 5.41) is 13.4. The molecule has 0 radical (unpaired) electrons. The van der Waals surface area contributed by atoms with Crippen LogP contribution in [0.3, 0.4) is 0 Å². The number of carboxylic acid groups (broad SMARTS) is 1. The van der Waals surface area contributed by atoms with Crippen LogP contribution in [0.1, 0.15) is 87.2 Å². The first-order valence-electron chi connectivity index (χ1n) is 20.0. The van der Waals surface area contributed by atoms with E-state index < -0.39 is 5.97 Å². The maximum atomic E-state index is 12.7. The van der Waals surface area contributed by atoms with Crippen molar-refractivity contribution >= 4 is 47.2 Å². The Hall–Kier alpha value is -3.02. The van der Waals surface area contributed by atoms with Crippen molar-refractivity contribution in [2.45, 2.75) is 86.5 Å². The lowest BCUT2D eigenvalue weighted by atomic mass is 10.1. The molecule has 6 aliphatic rings. The number of rotatable bonds is 10. The van der Waals surface area contributed by atoms with Crippen LogP contribution in [0, 0.1) is 11.8 Å². The van der Waals surface area contributed by atoms with Gasteiger partial charge in [0.15, 0.2) is 0 Å². The number of thioether (sulfide) groups is 2. The highest BCUT2D eigenvalue weighted by atomic mass is 32.2. The molecule has 0 spiro atoms. The Morgan fingerprint density at radius 2 is 1.00 bits per heavy atom. The first kappa shape index (κ1) is 39.7. The third-order valence-electron chi connectivity index (χ3n) is 11.6. The van der Waals surface area contributed by atoms with Crippen LogP contribution in [0.5, 0.6) is 0 Å².